The fourth-order valence-corrected chi connectivity index (χ4v) is 1.88. The van der Waals surface area contributed by atoms with E-state index in [-0.39, 0.29) is 11.6 Å². The van der Waals surface area contributed by atoms with Crippen molar-refractivity contribution >= 4 is 11.6 Å². The first kappa shape index (κ1) is 13.8. The first-order chi connectivity index (χ1) is 9.58. The SMILES string of the molecule is Cc1ccc([N+](=O)[O-])cc1C(=O)NCCn1cccc1. The van der Waals surface area contributed by atoms with Crippen molar-refractivity contribution in [1.29, 1.82) is 0 Å². The molecule has 0 aliphatic rings. The van der Waals surface area contributed by atoms with E-state index in [9.17, 15) is 14.9 Å². The topological polar surface area (TPSA) is 77.2 Å². The van der Waals surface area contributed by atoms with Gasteiger partial charge in [-0.3, -0.25) is 14.9 Å². The lowest BCUT2D eigenvalue weighted by Crippen LogP contribution is -2.27. The zero-order valence-corrected chi connectivity index (χ0v) is 11.1. The number of hydrogen-bond donors (Lipinski definition) is 1. The molecule has 0 fully saturated rings. The molecule has 20 heavy (non-hydrogen) atoms. The number of nitrogens with zero attached hydrogens (tertiary/aromatic N) is 2. The Balaban J connectivity index is 2.01. The zero-order chi connectivity index (χ0) is 14.5. The summed E-state index contributed by atoms with van der Waals surface area (Å²) in [4.78, 5) is 22.2. The number of aromatic nitrogens is 1. The highest BCUT2D eigenvalue weighted by Crippen LogP contribution is 2.17. The molecular weight excluding hydrogens is 258 g/mol. The highest BCUT2D eigenvalue weighted by molar-refractivity contribution is 5.96. The van der Waals surface area contributed by atoms with Gasteiger partial charge in [-0.2, -0.15) is 0 Å². The number of nitrogens with one attached hydrogen (secondary N) is 1. The smallest absolute Gasteiger partial charge is 0.270 e. The molecule has 1 N–H and O–H groups in total. The number of hydrogen-bond acceptors (Lipinski definition) is 3. The van der Waals surface area contributed by atoms with Crippen LogP contribution in [0.3, 0.4) is 0 Å². The molecule has 104 valence electrons. The average Bonchev–Trinajstić information content (AvgIpc) is 2.92. The summed E-state index contributed by atoms with van der Waals surface area (Å²) in [6.45, 7) is 2.88. The van der Waals surface area contributed by atoms with Crippen molar-refractivity contribution < 1.29 is 9.72 Å². The Morgan fingerprint density at radius 3 is 2.70 bits per heavy atom. The quantitative estimate of drug-likeness (QED) is 0.669. The molecule has 0 aliphatic carbocycles. The number of aryl methyl sites for hydroxylation is 1. The summed E-state index contributed by atoms with van der Waals surface area (Å²) in [7, 11) is 0. The van der Waals surface area contributed by atoms with Crippen LogP contribution in [0, 0.1) is 17.0 Å². The number of rotatable bonds is 5. The van der Waals surface area contributed by atoms with Crippen molar-refractivity contribution in [3.05, 3.63) is 64.0 Å². The summed E-state index contributed by atoms with van der Waals surface area (Å²) < 4.78 is 1.95. The van der Waals surface area contributed by atoms with Gasteiger partial charge in [-0.25, -0.2) is 0 Å². The van der Waals surface area contributed by atoms with Crippen LogP contribution in [-0.4, -0.2) is 21.9 Å². The van der Waals surface area contributed by atoms with Crippen LogP contribution in [0.4, 0.5) is 5.69 Å². The third-order valence-electron chi connectivity index (χ3n) is 3.00. The molecule has 6 heteroatoms. The van der Waals surface area contributed by atoms with Crippen molar-refractivity contribution in [3.8, 4) is 0 Å². The second-order valence-electron chi connectivity index (χ2n) is 4.43. The fraction of sp³-hybridized carbons (Fsp3) is 0.214. The minimum absolute atomic E-state index is 0.0776. The molecule has 0 saturated carbocycles. The van der Waals surface area contributed by atoms with Crippen molar-refractivity contribution in [2.45, 2.75) is 13.5 Å². The van der Waals surface area contributed by atoms with E-state index in [1.54, 1.807) is 13.0 Å². The van der Waals surface area contributed by atoms with Crippen LogP contribution in [-0.2, 0) is 6.54 Å². The van der Waals surface area contributed by atoms with Crippen LogP contribution in [0.2, 0.25) is 0 Å². The first-order valence-corrected chi connectivity index (χ1v) is 6.22. The number of non-ortho nitro benzene ring substituents is 1. The van der Waals surface area contributed by atoms with Gasteiger partial charge in [0.05, 0.1) is 4.92 Å². The van der Waals surface area contributed by atoms with Crippen LogP contribution in [0.15, 0.2) is 42.7 Å². The van der Waals surface area contributed by atoms with Gasteiger partial charge >= 0.3 is 0 Å². The maximum absolute atomic E-state index is 12.0. The molecule has 0 aliphatic heterocycles. The van der Waals surface area contributed by atoms with Crippen LogP contribution in [0.25, 0.3) is 0 Å². The molecule has 0 spiro atoms. The summed E-state index contributed by atoms with van der Waals surface area (Å²) in [5.41, 5.74) is 0.979. The highest BCUT2D eigenvalue weighted by Gasteiger charge is 2.14. The largest absolute Gasteiger partial charge is 0.353 e. The third-order valence-corrected chi connectivity index (χ3v) is 3.00. The summed E-state index contributed by atoms with van der Waals surface area (Å²) in [5, 5.41) is 13.5. The van der Waals surface area contributed by atoms with Gasteiger partial charge in [0.15, 0.2) is 0 Å². The van der Waals surface area contributed by atoms with E-state index in [4.69, 9.17) is 0 Å². The maximum atomic E-state index is 12.0. The highest BCUT2D eigenvalue weighted by atomic mass is 16.6. The van der Waals surface area contributed by atoms with Crippen molar-refractivity contribution in [1.82, 2.24) is 9.88 Å². The minimum Gasteiger partial charge on any atom is -0.353 e. The molecule has 1 heterocycles. The van der Waals surface area contributed by atoms with Gasteiger partial charge in [-0.1, -0.05) is 6.07 Å². The normalized spacial score (nSPS) is 10.2. The van der Waals surface area contributed by atoms with Crippen molar-refractivity contribution in [3.63, 3.8) is 0 Å². The Bertz CT molecular complexity index is 621. The van der Waals surface area contributed by atoms with Gasteiger partial charge in [0.2, 0.25) is 0 Å². The molecule has 2 rings (SSSR count). The van der Waals surface area contributed by atoms with Gasteiger partial charge in [0.1, 0.15) is 0 Å². The average molecular weight is 273 g/mol. The standard InChI is InChI=1S/C14H15N3O3/c1-11-4-5-12(17(19)20)10-13(11)14(18)15-6-9-16-7-2-3-8-16/h2-5,7-8,10H,6,9H2,1H3,(H,15,18). The molecule has 6 nitrogen and oxygen atoms in total. The Morgan fingerprint density at radius 2 is 2.05 bits per heavy atom. The van der Waals surface area contributed by atoms with Gasteiger partial charge in [-0.05, 0) is 24.6 Å². The van der Waals surface area contributed by atoms with Gasteiger partial charge in [-0.15, -0.1) is 0 Å². The van der Waals surface area contributed by atoms with Crippen molar-refractivity contribution in [2.24, 2.45) is 0 Å². The second kappa shape index (κ2) is 6.01. The number of benzene rings is 1. The third kappa shape index (κ3) is 3.23. The van der Waals surface area contributed by atoms with E-state index in [0.29, 0.717) is 24.2 Å². The lowest BCUT2D eigenvalue weighted by Gasteiger charge is -2.08. The summed E-state index contributed by atoms with van der Waals surface area (Å²) >= 11 is 0. The van der Waals surface area contributed by atoms with Crippen LogP contribution in [0.1, 0.15) is 15.9 Å². The first-order valence-electron chi connectivity index (χ1n) is 6.22. The molecule has 0 unspecified atom stereocenters. The molecule has 0 atom stereocenters. The number of carbonyl (C=O) groups is 1. The summed E-state index contributed by atoms with van der Waals surface area (Å²) in [5.74, 6) is -0.293. The van der Waals surface area contributed by atoms with Gasteiger partial charge in [0, 0.05) is 43.2 Å². The van der Waals surface area contributed by atoms with E-state index >= 15 is 0 Å². The van der Waals surface area contributed by atoms with E-state index < -0.39 is 4.92 Å². The number of nitro benzene ring substituents is 1. The van der Waals surface area contributed by atoms with E-state index in [1.165, 1.54) is 12.1 Å². The fourth-order valence-electron chi connectivity index (χ4n) is 1.88. The monoisotopic (exact) mass is 273 g/mol. The Hall–Kier alpha value is -2.63. The van der Waals surface area contributed by atoms with E-state index in [2.05, 4.69) is 5.32 Å². The number of nitro groups is 1. The number of amides is 1. The molecule has 0 saturated heterocycles. The lowest BCUT2D eigenvalue weighted by atomic mass is 10.1. The van der Waals surface area contributed by atoms with Crippen LogP contribution >= 0.6 is 0 Å². The molecule has 1 amide bonds. The predicted molar refractivity (Wildman–Crippen MR) is 74.6 cm³/mol. The predicted octanol–water partition coefficient (Wildman–Crippen LogP) is 2.13. The minimum atomic E-state index is -0.504. The van der Waals surface area contributed by atoms with Gasteiger partial charge < -0.3 is 9.88 Å². The second-order valence-corrected chi connectivity index (χ2v) is 4.43. The molecule has 1 aromatic carbocycles. The lowest BCUT2D eigenvalue weighted by molar-refractivity contribution is -0.384. The van der Waals surface area contributed by atoms with Gasteiger partial charge in [0.25, 0.3) is 11.6 Å². The molecule has 2 aromatic rings. The van der Waals surface area contributed by atoms with E-state index in [0.717, 1.165) is 0 Å². The Morgan fingerprint density at radius 1 is 1.35 bits per heavy atom. The molecule has 0 bridgehead atoms. The summed E-state index contributed by atoms with van der Waals surface area (Å²) in [6, 6.07) is 8.10. The molecule has 1 aromatic heterocycles. The summed E-state index contributed by atoms with van der Waals surface area (Å²) in [6.07, 6.45) is 3.82. The maximum Gasteiger partial charge on any atom is 0.270 e. The van der Waals surface area contributed by atoms with E-state index in [1.807, 2.05) is 29.1 Å². The van der Waals surface area contributed by atoms with Crippen LogP contribution in [0.5, 0.6) is 0 Å². The Labute approximate surface area is 116 Å². The number of carbonyl (C=O) groups excluding carboxylic acids is 1. The molecule has 0 radical (unpaired) electrons. The van der Waals surface area contributed by atoms with Crippen molar-refractivity contribution in [2.75, 3.05) is 6.54 Å². The van der Waals surface area contributed by atoms with Crippen LogP contribution < -0.4 is 5.32 Å². The zero-order valence-electron chi connectivity index (χ0n) is 11.1. The Kier molecular flexibility index (Phi) is 4.14. The molecular formula is C14H15N3O3.